The van der Waals surface area contributed by atoms with Gasteiger partial charge < -0.3 is 65.1 Å². The monoisotopic (exact) mass is 847 g/mol. The second-order valence-electron chi connectivity index (χ2n) is 16.7. The zero-order chi connectivity index (χ0) is 44.5. The molecular weight excluding hydrogens is 765 g/mol. The molecule has 0 aromatic heterocycles. The van der Waals surface area contributed by atoms with Crippen molar-refractivity contribution in [3.8, 4) is 0 Å². The van der Waals surface area contributed by atoms with E-state index in [0.29, 0.717) is 70.1 Å². The van der Waals surface area contributed by atoms with Crippen LogP contribution < -0.4 is 65.1 Å². The number of nitrogens with one attached hydrogen (secondary N) is 9. The number of rotatable bonds is 33. The Morgan fingerprint density at radius 2 is 1.02 bits per heavy atom. The minimum Gasteiger partial charge on any atom is -0.352 e. The van der Waals surface area contributed by atoms with Crippen molar-refractivity contribution >= 4 is 30.0 Å². The average molecular weight is 847 g/mol. The molecule has 0 bridgehead atoms. The Hall–Kier alpha value is -4.35. The summed E-state index contributed by atoms with van der Waals surface area (Å²) in [6.45, 7) is 12.5. The summed E-state index contributed by atoms with van der Waals surface area (Å²) in [5.41, 5.74) is 18.1. The van der Waals surface area contributed by atoms with Crippen LogP contribution in [0.3, 0.4) is 0 Å². The number of unbranched alkanes of at least 4 members (excludes halogenated alkanes) is 6. The van der Waals surface area contributed by atoms with Crippen LogP contribution in [-0.2, 0) is 11.2 Å². The number of carbonyl (C=O) groups is 5. The van der Waals surface area contributed by atoms with Crippen LogP contribution in [-0.4, -0.2) is 106 Å². The standard InChI is InChI=1S/C43H82N12O5/c1-6-7-8-9-10-11-15-18-39(56)52-38(25-33-16-13-12-14-17-33)30-51-42(59)54-35(20-22-45)27-49-41(58)53-34(19-21-44)26-47-36(23-31(2)3)28-50-43(60)55-37(24-32(4)5)29-48-40(46)57/h12-14,16-17,31-32,34-38,47H,6-11,15,18-30,44-45H2,1-5H3,(H,52,56)(H3,46,48,57)(H2,49,53,58)(H2,50,55,60)(H2,51,54,59)/t34-,35-,36-,37-,38-/m0/s1. The van der Waals surface area contributed by atoms with Gasteiger partial charge in [0.15, 0.2) is 0 Å². The number of hydrogen-bond acceptors (Lipinski definition) is 8. The Morgan fingerprint density at radius 3 is 1.55 bits per heavy atom. The van der Waals surface area contributed by atoms with Crippen LogP contribution in [0.1, 0.15) is 117 Å². The van der Waals surface area contributed by atoms with E-state index in [0.717, 1.165) is 31.2 Å². The Morgan fingerprint density at radius 1 is 0.550 bits per heavy atom. The minimum absolute atomic E-state index is 0.0241. The first-order valence-corrected chi connectivity index (χ1v) is 22.4. The van der Waals surface area contributed by atoms with Gasteiger partial charge in [-0.1, -0.05) is 103 Å². The summed E-state index contributed by atoms with van der Waals surface area (Å²) < 4.78 is 0. The summed E-state index contributed by atoms with van der Waals surface area (Å²) in [6.07, 6.45) is 11.3. The molecule has 17 heteroatoms. The SMILES string of the molecule is CCCCCCCCCC(=O)N[C@H](CNC(=O)N[C@@H](CCN)CNC(=O)N[C@@H](CCN)CN[C@H](CNC(=O)N[C@H](CNC(N)=O)CC(C)C)CC(C)C)Cc1ccccc1. The van der Waals surface area contributed by atoms with Crippen LogP contribution in [0, 0.1) is 11.8 Å². The Balaban J connectivity index is 2.70. The maximum Gasteiger partial charge on any atom is 0.315 e. The molecule has 5 atom stereocenters. The summed E-state index contributed by atoms with van der Waals surface area (Å²) in [6, 6.07) is 6.61. The van der Waals surface area contributed by atoms with E-state index in [1.807, 2.05) is 44.2 Å². The molecule has 0 unspecified atom stereocenters. The minimum atomic E-state index is -0.646. The third-order valence-electron chi connectivity index (χ3n) is 9.95. The molecule has 0 aliphatic carbocycles. The molecule has 0 spiro atoms. The van der Waals surface area contributed by atoms with E-state index in [9.17, 15) is 24.0 Å². The predicted molar refractivity (Wildman–Crippen MR) is 241 cm³/mol. The zero-order valence-electron chi connectivity index (χ0n) is 37.3. The first-order chi connectivity index (χ1) is 28.7. The molecule has 0 saturated carbocycles. The van der Waals surface area contributed by atoms with E-state index >= 15 is 0 Å². The van der Waals surface area contributed by atoms with Gasteiger partial charge in [-0.2, -0.15) is 0 Å². The van der Waals surface area contributed by atoms with Gasteiger partial charge >= 0.3 is 24.1 Å². The summed E-state index contributed by atoms with van der Waals surface area (Å²) in [4.78, 5) is 63.1. The fourth-order valence-corrected chi connectivity index (χ4v) is 6.93. The molecular formula is C43H82N12O5. The van der Waals surface area contributed by atoms with E-state index < -0.39 is 24.1 Å². The highest BCUT2D eigenvalue weighted by Gasteiger charge is 2.21. The van der Waals surface area contributed by atoms with Crippen molar-refractivity contribution in [2.45, 2.75) is 148 Å². The highest BCUT2D eigenvalue weighted by Crippen LogP contribution is 2.10. The first-order valence-electron chi connectivity index (χ1n) is 22.4. The van der Waals surface area contributed by atoms with Crippen molar-refractivity contribution < 1.29 is 24.0 Å². The summed E-state index contributed by atoms with van der Waals surface area (Å²) in [7, 11) is 0. The third kappa shape index (κ3) is 29.0. The number of carbonyl (C=O) groups excluding carboxylic acids is 5. The molecule has 1 aromatic carbocycles. The van der Waals surface area contributed by atoms with Crippen LogP contribution in [0.4, 0.5) is 19.2 Å². The number of primary amides is 1. The van der Waals surface area contributed by atoms with Crippen molar-refractivity contribution in [2.75, 3.05) is 45.8 Å². The number of nitrogens with two attached hydrogens (primary N) is 3. The fourth-order valence-electron chi connectivity index (χ4n) is 6.93. The van der Waals surface area contributed by atoms with Crippen molar-refractivity contribution in [3.05, 3.63) is 35.9 Å². The summed E-state index contributed by atoms with van der Waals surface area (Å²) >= 11 is 0. The van der Waals surface area contributed by atoms with Crippen LogP contribution >= 0.6 is 0 Å². The maximum atomic E-state index is 13.1. The zero-order valence-corrected chi connectivity index (χ0v) is 37.3. The lowest BCUT2D eigenvalue weighted by Gasteiger charge is -2.26. The molecule has 0 aliphatic heterocycles. The van der Waals surface area contributed by atoms with Gasteiger partial charge in [-0.15, -0.1) is 0 Å². The van der Waals surface area contributed by atoms with Gasteiger partial charge in [-0.3, -0.25) is 4.79 Å². The van der Waals surface area contributed by atoms with Crippen LogP contribution in [0.5, 0.6) is 0 Å². The summed E-state index contributed by atoms with van der Waals surface area (Å²) in [5.74, 6) is 0.609. The maximum absolute atomic E-state index is 13.1. The van der Waals surface area contributed by atoms with Crippen molar-refractivity contribution in [1.82, 2.24) is 47.9 Å². The number of urea groups is 4. The highest BCUT2D eigenvalue weighted by atomic mass is 16.2. The Kier molecular flexibility index (Phi) is 29.9. The van der Waals surface area contributed by atoms with Crippen molar-refractivity contribution in [3.63, 3.8) is 0 Å². The second-order valence-corrected chi connectivity index (χ2v) is 16.7. The van der Waals surface area contributed by atoms with Crippen molar-refractivity contribution in [2.24, 2.45) is 29.0 Å². The lowest BCUT2D eigenvalue weighted by atomic mass is 10.0. The Bertz CT molecular complexity index is 1320. The first kappa shape index (κ1) is 53.7. The largest absolute Gasteiger partial charge is 0.352 e. The lowest BCUT2D eigenvalue weighted by Crippen LogP contribution is -2.55. The average Bonchev–Trinajstić information content (AvgIpc) is 3.19. The quantitative estimate of drug-likeness (QED) is 0.0466. The van der Waals surface area contributed by atoms with Gasteiger partial charge in [0.2, 0.25) is 5.91 Å². The van der Waals surface area contributed by atoms with Gasteiger partial charge in [-0.05, 0) is 69.0 Å². The number of benzene rings is 1. The second kappa shape index (κ2) is 33.4. The van der Waals surface area contributed by atoms with Gasteiger partial charge in [0.25, 0.3) is 0 Å². The van der Waals surface area contributed by atoms with E-state index in [1.54, 1.807) is 0 Å². The summed E-state index contributed by atoms with van der Waals surface area (Å²) in [5, 5.41) is 26.7. The molecule has 0 heterocycles. The molecule has 0 radical (unpaired) electrons. The van der Waals surface area contributed by atoms with Crippen LogP contribution in [0.2, 0.25) is 0 Å². The molecule has 9 amide bonds. The van der Waals surface area contributed by atoms with E-state index in [-0.39, 0.29) is 55.7 Å². The number of amides is 9. The third-order valence-corrected chi connectivity index (χ3v) is 9.95. The normalized spacial score (nSPS) is 13.7. The predicted octanol–water partition coefficient (Wildman–Crippen LogP) is 3.27. The molecule has 0 fully saturated rings. The topological polar surface area (TPSA) is 272 Å². The molecule has 15 N–H and O–H groups in total. The van der Waals surface area contributed by atoms with E-state index in [4.69, 9.17) is 17.2 Å². The number of hydrogen-bond donors (Lipinski definition) is 12. The highest BCUT2D eigenvalue weighted by molar-refractivity contribution is 5.77. The van der Waals surface area contributed by atoms with E-state index in [1.165, 1.54) is 25.7 Å². The van der Waals surface area contributed by atoms with Crippen LogP contribution in [0.15, 0.2) is 30.3 Å². The molecule has 344 valence electrons. The molecule has 17 nitrogen and oxygen atoms in total. The van der Waals surface area contributed by atoms with Gasteiger partial charge in [0.1, 0.15) is 0 Å². The molecule has 60 heavy (non-hydrogen) atoms. The fraction of sp³-hybridized carbons (Fsp3) is 0.744. The van der Waals surface area contributed by atoms with Gasteiger partial charge in [0, 0.05) is 63.3 Å². The molecule has 1 aromatic rings. The van der Waals surface area contributed by atoms with Gasteiger partial charge in [0.05, 0.1) is 6.04 Å². The Labute approximate surface area is 360 Å². The smallest absolute Gasteiger partial charge is 0.315 e. The van der Waals surface area contributed by atoms with E-state index in [2.05, 4.69) is 68.6 Å². The van der Waals surface area contributed by atoms with Gasteiger partial charge in [-0.25, -0.2) is 19.2 Å². The van der Waals surface area contributed by atoms with Crippen molar-refractivity contribution in [1.29, 1.82) is 0 Å². The molecule has 1 rings (SSSR count). The molecule has 0 aliphatic rings. The van der Waals surface area contributed by atoms with Crippen LogP contribution in [0.25, 0.3) is 0 Å². The lowest BCUT2D eigenvalue weighted by molar-refractivity contribution is -0.121. The molecule has 0 saturated heterocycles.